The van der Waals surface area contributed by atoms with Gasteiger partial charge in [-0.2, -0.15) is 5.10 Å². The molecule has 9 heteroatoms. The molecule has 0 unspecified atom stereocenters. The quantitative estimate of drug-likeness (QED) is 0.231. The van der Waals surface area contributed by atoms with E-state index in [4.69, 9.17) is 0 Å². The predicted molar refractivity (Wildman–Crippen MR) is 98.4 cm³/mol. The van der Waals surface area contributed by atoms with Crippen LogP contribution in [0.25, 0.3) is 0 Å². The van der Waals surface area contributed by atoms with Crippen molar-refractivity contribution < 1.29 is 32.0 Å². The monoisotopic (exact) mass is 414 g/mol. The first kappa shape index (κ1) is 21.0. The maximum Gasteiger partial charge on any atom is 0.200 e. The smallest absolute Gasteiger partial charge is 0.200 e. The van der Waals surface area contributed by atoms with Gasteiger partial charge in [-0.3, -0.25) is 5.43 Å². The zero-order valence-corrected chi connectivity index (χ0v) is 15.8. The lowest BCUT2D eigenvalue weighted by Crippen LogP contribution is -3.11. The number of anilines is 1. The molecule has 1 aliphatic heterocycles. The molecular weight excluding hydrogens is 393 g/mol. The molecule has 0 atom stereocenters. The van der Waals surface area contributed by atoms with Crippen molar-refractivity contribution in [3.05, 3.63) is 58.4 Å². The maximum atomic E-state index is 13.7. The largest absolute Gasteiger partial charge is 0.507 e. The fourth-order valence-electron chi connectivity index (χ4n) is 3.36. The Morgan fingerprint density at radius 2 is 1.55 bits per heavy atom. The molecule has 1 saturated heterocycles. The third-order valence-electron chi connectivity index (χ3n) is 5.04. The number of hydrogen-bond acceptors (Lipinski definition) is 3. The third-order valence-corrected chi connectivity index (χ3v) is 5.04. The van der Waals surface area contributed by atoms with E-state index in [1.54, 1.807) is 12.1 Å². The lowest BCUT2D eigenvalue weighted by atomic mass is 10.0. The van der Waals surface area contributed by atoms with E-state index >= 15 is 0 Å². The van der Waals surface area contributed by atoms with Crippen LogP contribution in [0.3, 0.4) is 0 Å². The molecule has 3 N–H and O–H groups in total. The number of piperidine rings is 1. The van der Waals surface area contributed by atoms with Crippen molar-refractivity contribution >= 4 is 11.4 Å². The summed E-state index contributed by atoms with van der Waals surface area (Å²) >= 11 is 0. The van der Waals surface area contributed by atoms with Crippen LogP contribution >= 0.6 is 0 Å². The number of hydrogen-bond donors (Lipinski definition) is 3. The number of rotatable bonds is 5. The van der Waals surface area contributed by atoms with Crippen molar-refractivity contribution in [2.24, 2.45) is 5.10 Å². The van der Waals surface area contributed by atoms with Gasteiger partial charge >= 0.3 is 0 Å². The first-order valence-electron chi connectivity index (χ1n) is 9.27. The fourth-order valence-corrected chi connectivity index (χ4v) is 3.36. The van der Waals surface area contributed by atoms with Gasteiger partial charge in [0.2, 0.25) is 5.82 Å². The Hall–Kier alpha value is -2.68. The molecular formula is C20H21F5N3O+. The van der Waals surface area contributed by atoms with Crippen LogP contribution in [-0.2, 0) is 6.54 Å². The number of quaternary nitrogens is 1. The van der Waals surface area contributed by atoms with E-state index in [2.05, 4.69) is 5.10 Å². The molecule has 1 heterocycles. The number of phenols is 1. The molecule has 0 saturated carbocycles. The molecule has 0 radical (unpaired) electrons. The summed E-state index contributed by atoms with van der Waals surface area (Å²) in [5.41, 5.74) is 2.20. The van der Waals surface area contributed by atoms with Crippen LogP contribution in [-0.4, -0.2) is 23.9 Å². The van der Waals surface area contributed by atoms with Crippen LogP contribution in [0.5, 0.6) is 5.75 Å². The number of benzene rings is 2. The Morgan fingerprint density at radius 1 is 0.966 bits per heavy atom. The van der Waals surface area contributed by atoms with Gasteiger partial charge in [0.25, 0.3) is 0 Å². The van der Waals surface area contributed by atoms with Crippen LogP contribution in [0.15, 0.2) is 23.3 Å². The van der Waals surface area contributed by atoms with Crippen molar-refractivity contribution in [3.63, 3.8) is 0 Å². The number of likely N-dealkylation sites (tertiary alicyclic amines) is 1. The van der Waals surface area contributed by atoms with Crippen LogP contribution in [0, 0.1) is 29.1 Å². The molecule has 1 fully saturated rings. The standard InChI is InChI=1S/C20H20F5N3O/c1-11(26-27-20-18(24)16(22)15(21)17(23)19(20)25)12-5-6-14(29)13(9-12)10-28-7-3-2-4-8-28/h5-6,9,27,29H,2-4,7-8,10H2,1H3/p+1/b26-11+. The van der Waals surface area contributed by atoms with Gasteiger partial charge < -0.3 is 10.0 Å². The molecule has 29 heavy (non-hydrogen) atoms. The Bertz CT molecular complexity index is 913. The van der Waals surface area contributed by atoms with Crippen molar-refractivity contribution in [1.82, 2.24) is 0 Å². The highest BCUT2D eigenvalue weighted by molar-refractivity contribution is 5.99. The molecule has 4 nitrogen and oxygen atoms in total. The summed E-state index contributed by atoms with van der Waals surface area (Å²) in [5, 5.41) is 13.9. The average Bonchev–Trinajstić information content (AvgIpc) is 2.73. The lowest BCUT2D eigenvalue weighted by molar-refractivity contribution is -0.918. The predicted octanol–water partition coefficient (Wildman–Crippen LogP) is 3.49. The van der Waals surface area contributed by atoms with Crippen LogP contribution in [0.2, 0.25) is 0 Å². The first-order chi connectivity index (χ1) is 13.8. The summed E-state index contributed by atoms with van der Waals surface area (Å²) in [5.74, 6) is -10.2. The number of nitrogens with one attached hydrogen (secondary N) is 2. The van der Waals surface area contributed by atoms with Gasteiger partial charge in [0.1, 0.15) is 18.0 Å². The number of halogens is 5. The minimum absolute atomic E-state index is 0.132. The van der Waals surface area contributed by atoms with Crippen molar-refractivity contribution in [3.8, 4) is 5.75 Å². The first-order valence-corrected chi connectivity index (χ1v) is 9.27. The minimum atomic E-state index is -2.23. The second-order valence-electron chi connectivity index (χ2n) is 7.08. The minimum Gasteiger partial charge on any atom is -0.507 e. The fraction of sp³-hybridized carbons (Fsp3) is 0.350. The van der Waals surface area contributed by atoms with E-state index < -0.39 is 34.8 Å². The number of nitrogens with zero attached hydrogens (tertiary/aromatic N) is 1. The van der Waals surface area contributed by atoms with E-state index in [-0.39, 0.29) is 11.5 Å². The average molecular weight is 414 g/mol. The Labute approximate surface area is 164 Å². The Morgan fingerprint density at radius 3 is 2.17 bits per heavy atom. The highest BCUT2D eigenvalue weighted by Gasteiger charge is 2.25. The zero-order valence-electron chi connectivity index (χ0n) is 15.8. The van der Waals surface area contributed by atoms with Gasteiger partial charge in [-0.15, -0.1) is 0 Å². The van der Waals surface area contributed by atoms with Gasteiger partial charge in [-0.1, -0.05) is 0 Å². The summed E-state index contributed by atoms with van der Waals surface area (Å²) in [7, 11) is 0. The molecule has 156 valence electrons. The summed E-state index contributed by atoms with van der Waals surface area (Å²) in [6.45, 7) is 4.16. The molecule has 0 aromatic heterocycles. The highest BCUT2D eigenvalue weighted by Crippen LogP contribution is 2.27. The van der Waals surface area contributed by atoms with E-state index in [9.17, 15) is 27.1 Å². The Balaban J connectivity index is 1.83. The SMILES string of the molecule is C/C(=N\Nc1c(F)c(F)c(F)c(F)c1F)c1ccc(O)c(C[NH+]2CCCCC2)c1. The van der Waals surface area contributed by atoms with Gasteiger partial charge in [0, 0.05) is 5.56 Å². The second-order valence-corrected chi connectivity index (χ2v) is 7.08. The normalized spacial score (nSPS) is 15.6. The van der Waals surface area contributed by atoms with Gasteiger partial charge in [0.15, 0.2) is 23.3 Å². The van der Waals surface area contributed by atoms with Crippen molar-refractivity contribution in [2.75, 3.05) is 18.5 Å². The molecule has 3 rings (SSSR count). The summed E-state index contributed by atoms with van der Waals surface area (Å²) in [6, 6.07) is 4.75. The van der Waals surface area contributed by atoms with Gasteiger partial charge in [-0.05, 0) is 49.9 Å². The number of phenolic OH excluding ortho intramolecular Hbond substituents is 1. The molecule has 0 aliphatic carbocycles. The molecule has 0 spiro atoms. The van der Waals surface area contributed by atoms with E-state index in [0.717, 1.165) is 25.9 Å². The summed E-state index contributed by atoms with van der Waals surface area (Å²) < 4.78 is 67.2. The van der Waals surface area contributed by atoms with Crippen molar-refractivity contribution in [2.45, 2.75) is 32.7 Å². The Kier molecular flexibility index (Phi) is 6.36. The van der Waals surface area contributed by atoms with Gasteiger partial charge in [0.05, 0.1) is 18.8 Å². The highest BCUT2D eigenvalue weighted by atomic mass is 19.2. The molecule has 1 aliphatic rings. The number of hydrazone groups is 1. The zero-order chi connectivity index (χ0) is 21.1. The van der Waals surface area contributed by atoms with E-state index in [0.29, 0.717) is 17.7 Å². The van der Waals surface area contributed by atoms with Gasteiger partial charge in [-0.25, -0.2) is 22.0 Å². The lowest BCUT2D eigenvalue weighted by Gasteiger charge is -2.24. The van der Waals surface area contributed by atoms with Crippen LogP contribution in [0.1, 0.15) is 37.3 Å². The van der Waals surface area contributed by atoms with E-state index in [1.807, 2.05) is 5.43 Å². The topological polar surface area (TPSA) is 49.1 Å². The molecule has 2 aromatic rings. The van der Waals surface area contributed by atoms with Crippen LogP contribution < -0.4 is 10.3 Å². The summed E-state index contributed by atoms with van der Waals surface area (Å²) in [4.78, 5) is 1.35. The second kappa shape index (κ2) is 8.77. The third kappa shape index (κ3) is 4.50. The number of aromatic hydroxyl groups is 1. The molecule has 0 amide bonds. The molecule has 0 bridgehead atoms. The van der Waals surface area contributed by atoms with Crippen molar-refractivity contribution in [1.29, 1.82) is 0 Å². The van der Waals surface area contributed by atoms with E-state index in [1.165, 1.54) is 24.3 Å². The maximum absolute atomic E-state index is 13.7. The van der Waals surface area contributed by atoms with Crippen LogP contribution in [0.4, 0.5) is 27.6 Å². The molecule has 2 aromatic carbocycles. The summed E-state index contributed by atoms with van der Waals surface area (Å²) in [6.07, 6.45) is 3.45.